The highest BCUT2D eigenvalue weighted by molar-refractivity contribution is 5.90. The lowest BCUT2D eigenvalue weighted by atomic mass is 9.78. The summed E-state index contributed by atoms with van der Waals surface area (Å²) in [5.74, 6) is 1.15. The average molecular weight is 433 g/mol. The second kappa shape index (κ2) is 8.53. The second-order valence-corrected chi connectivity index (χ2v) is 9.05. The summed E-state index contributed by atoms with van der Waals surface area (Å²) in [5.41, 5.74) is 0.0203. The van der Waals surface area contributed by atoms with Crippen molar-refractivity contribution in [1.29, 1.82) is 0 Å². The van der Waals surface area contributed by atoms with Crippen molar-refractivity contribution in [3.05, 3.63) is 12.1 Å². The second-order valence-electron chi connectivity index (χ2n) is 9.05. The molecule has 1 aromatic heterocycles. The molecule has 3 heterocycles. The van der Waals surface area contributed by atoms with E-state index in [9.17, 15) is 19.8 Å². The first-order chi connectivity index (χ1) is 14.8. The Hall–Kier alpha value is -2.55. The number of likely N-dealkylation sites (tertiary alicyclic amines) is 1. The van der Waals surface area contributed by atoms with Gasteiger partial charge < -0.3 is 24.7 Å². The van der Waals surface area contributed by atoms with Crippen LogP contribution >= 0.6 is 0 Å². The Bertz CT molecular complexity index is 841. The molecule has 2 aliphatic heterocycles. The summed E-state index contributed by atoms with van der Waals surface area (Å²) in [6.45, 7) is 1.99. The van der Waals surface area contributed by atoms with Gasteiger partial charge in [0.05, 0.1) is 24.3 Å². The van der Waals surface area contributed by atoms with E-state index >= 15 is 0 Å². The summed E-state index contributed by atoms with van der Waals surface area (Å²) in [6, 6.07) is 3.57. The number of pyridine rings is 1. The van der Waals surface area contributed by atoms with Crippen LogP contribution in [0.3, 0.4) is 0 Å². The van der Waals surface area contributed by atoms with E-state index in [1.165, 1.54) is 14.2 Å². The van der Waals surface area contributed by atoms with Crippen LogP contribution in [0, 0.1) is 5.41 Å². The molecule has 9 nitrogen and oxygen atoms in total. The van der Waals surface area contributed by atoms with E-state index in [2.05, 4.69) is 4.98 Å². The monoisotopic (exact) mass is 432 g/mol. The third-order valence-electron chi connectivity index (χ3n) is 7.22. The van der Waals surface area contributed by atoms with Crippen LogP contribution in [0.25, 0.3) is 0 Å². The third kappa shape index (κ3) is 4.03. The van der Waals surface area contributed by atoms with Crippen LogP contribution in [-0.4, -0.2) is 78.0 Å². The van der Waals surface area contributed by atoms with Gasteiger partial charge in [-0.05, 0) is 51.0 Å². The molecule has 0 aromatic carbocycles. The summed E-state index contributed by atoms with van der Waals surface area (Å²) < 4.78 is 5.28. The van der Waals surface area contributed by atoms with Crippen molar-refractivity contribution in [2.45, 2.75) is 57.1 Å². The van der Waals surface area contributed by atoms with Crippen LogP contribution in [0.2, 0.25) is 0 Å². The van der Waals surface area contributed by atoms with E-state index < -0.39 is 11.5 Å². The SMILES string of the molecule is COc1ccc(N(C)C(=O)O)c(N2CCC[C@]3(CCN([C@H]4CC[C@H](O)CC4)C3=O)C2)n1. The maximum absolute atomic E-state index is 13.6. The molecule has 2 N–H and O–H groups in total. The van der Waals surface area contributed by atoms with Crippen molar-refractivity contribution in [2.24, 2.45) is 5.41 Å². The number of hydrogen-bond acceptors (Lipinski definition) is 6. The Labute approximate surface area is 182 Å². The number of aliphatic hydroxyl groups is 1. The van der Waals surface area contributed by atoms with Crippen molar-refractivity contribution in [3.8, 4) is 5.88 Å². The minimum atomic E-state index is -1.07. The Morgan fingerprint density at radius 1 is 1.23 bits per heavy atom. The van der Waals surface area contributed by atoms with Gasteiger partial charge in [0, 0.05) is 38.8 Å². The van der Waals surface area contributed by atoms with Crippen LogP contribution < -0.4 is 14.5 Å². The number of aromatic nitrogens is 1. The largest absolute Gasteiger partial charge is 0.481 e. The number of carbonyl (C=O) groups excluding carboxylic acids is 1. The van der Waals surface area contributed by atoms with Gasteiger partial charge in [0.25, 0.3) is 0 Å². The molecular weight excluding hydrogens is 400 g/mol. The minimum absolute atomic E-state index is 0.203. The summed E-state index contributed by atoms with van der Waals surface area (Å²) in [4.78, 5) is 35.0. The molecule has 2 saturated heterocycles. The summed E-state index contributed by atoms with van der Waals surface area (Å²) in [6.07, 6.45) is 4.41. The number of hydrogen-bond donors (Lipinski definition) is 2. The summed E-state index contributed by atoms with van der Waals surface area (Å²) >= 11 is 0. The lowest BCUT2D eigenvalue weighted by molar-refractivity contribution is -0.139. The van der Waals surface area contributed by atoms with E-state index in [0.717, 1.165) is 56.4 Å². The van der Waals surface area contributed by atoms with Gasteiger partial charge in [-0.2, -0.15) is 4.98 Å². The quantitative estimate of drug-likeness (QED) is 0.752. The van der Waals surface area contributed by atoms with Crippen molar-refractivity contribution in [2.75, 3.05) is 43.6 Å². The molecule has 1 atom stereocenters. The van der Waals surface area contributed by atoms with Crippen molar-refractivity contribution in [3.63, 3.8) is 0 Å². The lowest BCUT2D eigenvalue weighted by Gasteiger charge is -2.41. The van der Waals surface area contributed by atoms with Crippen molar-refractivity contribution in [1.82, 2.24) is 9.88 Å². The number of nitrogens with zero attached hydrogens (tertiary/aromatic N) is 4. The molecule has 170 valence electrons. The minimum Gasteiger partial charge on any atom is -0.481 e. The zero-order valence-corrected chi connectivity index (χ0v) is 18.3. The Morgan fingerprint density at radius 3 is 2.65 bits per heavy atom. The molecule has 0 bridgehead atoms. The number of methoxy groups -OCH3 is 1. The number of amides is 2. The standard InChI is InChI=1S/C22H32N4O5/c1-24(21(29)30)17-8-9-18(31-2)23-19(17)25-12-3-10-22(14-25)11-13-26(20(22)28)15-4-6-16(27)7-5-15/h8-9,15-16,27H,3-7,10-14H2,1-2H3,(H,29,30)/t15-,16-,22-/m0/s1. The summed E-state index contributed by atoms with van der Waals surface area (Å²) in [5, 5.41) is 19.3. The van der Waals surface area contributed by atoms with Crippen molar-refractivity contribution >= 4 is 23.5 Å². The van der Waals surface area contributed by atoms with Gasteiger partial charge in [-0.15, -0.1) is 0 Å². The van der Waals surface area contributed by atoms with Gasteiger partial charge >= 0.3 is 6.09 Å². The number of anilines is 2. The zero-order valence-electron chi connectivity index (χ0n) is 18.3. The van der Waals surface area contributed by atoms with Gasteiger partial charge in [0.15, 0.2) is 5.82 Å². The Morgan fingerprint density at radius 2 is 1.97 bits per heavy atom. The van der Waals surface area contributed by atoms with Gasteiger partial charge in [-0.3, -0.25) is 9.69 Å². The molecule has 4 rings (SSSR count). The molecule has 1 spiro atoms. The number of carboxylic acid groups (broad SMARTS) is 1. The molecule has 0 unspecified atom stereocenters. The van der Waals surface area contributed by atoms with Crippen LogP contribution in [0.5, 0.6) is 5.88 Å². The predicted molar refractivity (Wildman–Crippen MR) is 116 cm³/mol. The third-order valence-corrected chi connectivity index (χ3v) is 7.22. The van der Waals surface area contributed by atoms with Gasteiger partial charge in [0.1, 0.15) is 0 Å². The molecule has 0 radical (unpaired) electrons. The fraction of sp³-hybridized carbons (Fsp3) is 0.682. The molecular formula is C22H32N4O5. The van der Waals surface area contributed by atoms with E-state index in [0.29, 0.717) is 30.5 Å². The number of piperidine rings is 1. The Kier molecular flexibility index (Phi) is 5.96. The van der Waals surface area contributed by atoms with Crippen LogP contribution in [0.15, 0.2) is 12.1 Å². The zero-order chi connectivity index (χ0) is 22.2. The van der Waals surface area contributed by atoms with Gasteiger partial charge in [-0.25, -0.2) is 4.79 Å². The highest BCUT2D eigenvalue weighted by atomic mass is 16.5. The first-order valence-electron chi connectivity index (χ1n) is 11.1. The molecule has 1 aliphatic carbocycles. The first-order valence-corrected chi connectivity index (χ1v) is 11.1. The highest BCUT2D eigenvalue weighted by Crippen LogP contribution is 2.44. The van der Waals surface area contributed by atoms with Gasteiger partial charge in [-0.1, -0.05) is 0 Å². The highest BCUT2D eigenvalue weighted by Gasteiger charge is 2.51. The lowest BCUT2D eigenvalue weighted by Crippen LogP contribution is -2.50. The smallest absolute Gasteiger partial charge is 0.411 e. The molecule has 9 heteroatoms. The number of ether oxygens (including phenoxy) is 1. The fourth-order valence-electron chi connectivity index (χ4n) is 5.39. The molecule has 3 fully saturated rings. The topological polar surface area (TPSA) is 106 Å². The van der Waals surface area contributed by atoms with Crippen LogP contribution in [0.1, 0.15) is 44.9 Å². The normalized spacial score (nSPS) is 28.8. The first kappa shape index (κ1) is 21.7. The van der Waals surface area contributed by atoms with E-state index in [4.69, 9.17) is 4.74 Å². The fourth-order valence-corrected chi connectivity index (χ4v) is 5.39. The van der Waals surface area contributed by atoms with E-state index in [-0.39, 0.29) is 18.1 Å². The van der Waals surface area contributed by atoms with Crippen LogP contribution in [0.4, 0.5) is 16.3 Å². The number of aliphatic hydroxyl groups excluding tert-OH is 1. The number of rotatable bonds is 4. The van der Waals surface area contributed by atoms with Crippen molar-refractivity contribution < 1.29 is 24.5 Å². The molecule has 31 heavy (non-hydrogen) atoms. The predicted octanol–water partition coefficient (Wildman–Crippen LogP) is 2.33. The maximum Gasteiger partial charge on any atom is 0.411 e. The number of carbonyl (C=O) groups is 2. The van der Waals surface area contributed by atoms with Crippen LogP contribution in [-0.2, 0) is 4.79 Å². The maximum atomic E-state index is 13.6. The average Bonchev–Trinajstić information content (AvgIpc) is 3.08. The summed E-state index contributed by atoms with van der Waals surface area (Å²) in [7, 11) is 3.03. The molecule has 2 amide bonds. The molecule has 1 saturated carbocycles. The molecule has 3 aliphatic rings. The van der Waals surface area contributed by atoms with Gasteiger partial charge in [0.2, 0.25) is 11.8 Å². The van der Waals surface area contributed by atoms with E-state index in [1.807, 2.05) is 9.80 Å². The Balaban J connectivity index is 1.58. The molecule has 1 aromatic rings. The van der Waals surface area contributed by atoms with E-state index in [1.54, 1.807) is 12.1 Å².